The zero-order valence-corrected chi connectivity index (χ0v) is 6.71. The molecule has 0 aliphatic carbocycles. The van der Waals surface area contributed by atoms with Crippen LogP contribution in [0.4, 0.5) is 0 Å². The van der Waals surface area contributed by atoms with Crippen molar-refractivity contribution in [2.75, 3.05) is 13.2 Å². The predicted octanol–water partition coefficient (Wildman–Crippen LogP) is -0.0152. The first kappa shape index (κ1) is 8.92. The average Bonchev–Trinajstić information content (AvgIpc) is 1.85. The van der Waals surface area contributed by atoms with Gasteiger partial charge in [0, 0.05) is 13.2 Å². The fraction of sp³-hybridized carbons (Fsp3) is 1.00. The molecule has 1 aliphatic rings. The van der Waals surface area contributed by atoms with E-state index >= 15 is 0 Å². The Bertz CT molecular complexity index is 203. The van der Waals surface area contributed by atoms with Crippen LogP contribution in [0.25, 0.3) is 0 Å². The molecule has 0 spiro atoms. The monoisotopic (exact) mass is 182 g/mol. The van der Waals surface area contributed by atoms with E-state index in [-0.39, 0.29) is 0 Å². The van der Waals surface area contributed by atoms with Gasteiger partial charge < -0.3 is 4.74 Å². The highest BCUT2D eigenvalue weighted by Gasteiger charge is 2.19. The lowest BCUT2D eigenvalue weighted by molar-refractivity contribution is 0.0238. The first-order valence-corrected chi connectivity index (χ1v) is 4.68. The van der Waals surface area contributed by atoms with E-state index in [1.807, 2.05) is 0 Å². The zero-order chi connectivity index (χ0) is 8.32. The average molecular weight is 182 g/mol. The fourth-order valence-electron chi connectivity index (χ4n) is 0.944. The van der Waals surface area contributed by atoms with Crippen molar-refractivity contribution in [1.82, 2.24) is 0 Å². The second-order valence-corrected chi connectivity index (χ2v) is 3.38. The highest BCUT2D eigenvalue weighted by molar-refractivity contribution is 7.80. The third-order valence-electron chi connectivity index (χ3n) is 1.43. The zero-order valence-electron chi connectivity index (χ0n) is 5.89. The lowest BCUT2D eigenvalue weighted by Crippen LogP contribution is -2.25. The van der Waals surface area contributed by atoms with Crippen molar-refractivity contribution in [3.05, 3.63) is 0 Å². The van der Waals surface area contributed by atoms with Gasteiger partial charge in [-0.15, -0.1) is 0 Å². The Hall–Kier alpha value is -0.170. The molecule has 0 amide bonds. The molecule has 0 aromatic rings. The van der Waals surface area contributed by atoms with Crippen LogP contribution in [-0.4, -0.2) is 32.3 Å². The lowest BCUT2D eigenvalue weighted by atomic mass is 10.2. The number of hydrogen-bond donors (Lipinski definition) is 1. The summed E-state index contributed by atoms with van der Waals surface area (Å²) in [4.78, 5) is 0. The summed E-state index contributed by atoms with van der Waals surface area (Å²) in [6, 6.07) is 0. The third kappa shape index (κ3) is 3.66. The maximum absolute atomic E-state index is 10.2. The molecule has 0 atom stereocenters. The topological polar surface area (TPSA) is 72.8 Å². The molecular weight excluding hydrogens is 172 g/mol. The minimum Gasteiger partial charge on any atom is -0.381 e. The summed E-state index contributed by atoms with van der Waals surface area (Å²) < 4.78 is 37.9. The molecule has 66 valence electrons. The standard InChI is InChI=1S/C5H10O5S/c6-11(7,8)10-5-1-3-9-4-2-5/h5H,1-4H2,(H,6,7,8). The minimum atomic E-state index is -4.28. The van der Waals surface area contributed by atoms with Crippen LogP contribution in [0.3, 0.4) is 0 Å². The van der Waals surface area contributed by atoms with Crippen LogP contribution in [0.2, 0.25) is 0 Å². The van der Waals surface area contributed by atoms with E-state index in [0.29, 0.717) is 26.1 Å². The van der Waals surface area contributed by atoms with Gasteiger partial charge in [0.25, 0.3) is 0 Å². The van der Waals surface area contributed by atoms with Crippen molar-refractivity contribution in [3.63, 3.8) is 0 Å². The van der Waals surface area contributed by atoms with Crippen LogP contribution in [0, 0.1) is 0 Å². The van der Waals surface area contributed by atoms with Crippen LogP contribution >= 0.6 is 0 Å². The van der Waals surface area contributed by atoms with E-state index in [4.69, 9.17) is 9.29 Å². The molecule has 0 aromatic heterocycles. The van der Waals surface area contributed by atoms with Gasteiger partial charge in [0.05, 0.1) is 6.10 Å². The van der Waals surface area contributed by atoms with Gasteiger partial charge in [-0.2, -0.15) is 8.42 Å². The molecule has 1 N–H and O–H groups in total. The first-order chi connectivity index (χ1) is 5.08. The summed E-state index contributed by atoms with van der Waals surface area (Å²) in [7, 11) is -4.28. The number of rotatable bonds is 2. The molecule has 1 aliphatic heterocycles. The molecular formula is C5H10O5S. The molecule has 0 unspecified atom stereocenters. The molecule has 0 saturated carbocycles. The van der Waals surface area contributed by atoms with E-state index in [2.05, 4.69) is 4.18 Å². The molecule has 1 rings (SSSR count). The Morgan fingerprint density at radius 2 is 1.91 bits per heavy atom. The second-order valence-electron chi connectivity index (χ2n) is 2.34. The Labute approximate surface area is 65.3 Å². The van der Waals surface area contributed by atoms with Gasteiger partial charge in [-0.1, -0.05) is 0 Å². The van der Waals surface area contributed by atoms with Crippen molar-refractivity contribution >= 4 is 10.4 Å². The van der Waals surface area contributed by atoms with E-state index in [1.165, 1.54) is 0 Å². The normalized spacial score (nSPS) is 21.9. The molecule has 1 heterocycles. The Balaban J connectivity index is 2.36. The van der Waals surface area contributed by atoms with E-state index < -0.39 is 16.5 Å². The molecule has 11 heavy (non-hydrogen) atoms. The van der Waals surface area contributed by atoms with Gasteiger partial charge in [-0.05, 0) is 12.8 Å². The Kier molecular flexibility index (Phi) is 2.83. The summed E-state index contributed by atoms with van der Waals surface area (Å²) in [5.74, 6) is 0. The number of hydrogen-bond acceptors (Lipinski definition) is 4. The molecule has 1 fully saturated rings. The SMILES string of the molecule is O=S(=O)(O)OC1CCOCC1. The van der Waals surface area contributed by atoms with Crippen LogP contribution in [-0.2, 0) is 19.3 Å². The second kappa shape index (κ2) is 3.48. The molecule has 0 bridgehead atoms. The van der Waals surface area contributed by atoms with Gasteiger partial charge in [0.1, 0.15) is 0 Å². The van der Waals surface area contributed by atoms with Gasteiger partial charge >= 0.3 is 10.4 Å². The smallest absolute Gasteiger partial charge is 0.381 e. The summed E-state index contributed by atoms with van der Waals surface area (Å²) >= 11 is 0. The van der Waals surface area contributed by atoms with Crippen LogP contribution < -0.4 is 0 Å². The Morgan fingerprint density at radius 1 is 1.36 bits per heavy atom. The summed E-state index contributed by atoms with van der Waals surface area (Å²) in [5.41, 5.74) is 0. The summed E-state index contributed by atoms with van der Waals surface area (Å²) in [5, 5.41) is 0. The molecule has 1 saturated heterocycles. The lowest BCUT2D eigenvalue weighted by Gasteiger charge is -2.19. The van der Waals surface area contributed by atoms with Crippen molar-refractivity contribution < 1.29 is 21.9 Å². The number of ether oxygens (including phenoxy) is 1. The van der Waals surface area contributed by atoms with E-state index in [9.17, 15) is 8.42 Å². The minimum absolute atomic E-state index is 0.418. The van der Waals surface area contributed by atoms with Crippen LogP contribution in [0.1, 0.15) is 12.8 Å². The molecule has 0 aromatic carbocycles. The first-order valence-electron chi connectivity index (χ1n) is 3.31. The highest BCUT2D eigenvalue weighted by Crippen LogP contribution is 2.12. The quantitative estimate of drug-likeness (QED) is 0.608. The predicted molar refractivity (Wildman–Crippen MR) is 36.5 cm³/mol. The van der Waals surface area contributed by atoms with Crippen LogP contribution in [0.5, 0.6) is 0 Å². The summed E-state index contributed by atoms with van der Waals surface area (Å²) in [6.07, 6.45) is 0.610. The Morgan fingerprint density at radius 3 is 2.36 bits per heavy atom. The van der Waals surface area contributed by atoms with Gasteiger partial charge in [-0.25, -0.2) is 4.18 Å². The van der Waals surface area contributed by atoms with Crippen molar-refractivity contribution in [2.24, 2.45) is 0 Å². The fourth-order valence-corrected chi connectivity index (χ4v) is 1.48. The van der Waals surface area contributed by atoms with E-state index in [1.54, 1.807) is 0 Å². The molecule has 6 heteroatoms. The van der Waals surface area contributed by atoms with Gasteiger partial charge in [0.15, 0.2) is 0 Å². The van der Waals surface area contributed by atoms with Crippen molar-refractivity contribution in [2.45, 2.75) is 18.9 Å². The van der Waals surface area contributed by atoms with Crippen molar-refractivity contribution in [1.29, 1.82) is 0 Å². The largest absolute Gasteiger partial charge is 0.397 e. The third-order valence-corrected chi connectivity index (χ3v) is 1.94. The van der Waals surface area contributed by atoms with Crippen LogP contribution in [0.15, 0.2) is 0 Å². The van der Waals surface area contributed by atoms with Gasteiger partial charge in [-0.3, -0.25) is 4.55 Å². The molecule has 0 radical (unpaired) electrons. The maximum Gasteiger partial charge on any atom is 0.397 e. The molecule has 5 nitrogen and oxygen atoms in total. The van der Waals surface area contributed by atoms with Crippen molar-refractivity contribution in [3.8, 4) is 0 Å². The highest BCUT2D eigenvalue weighted by atomic mass is 32.3. The summed E-state index contributed by atoms with van der Waals surface area (Å²) in [6.45, 7) is 0.973. The van der Waals surface area contributed by atoms with Gasteiger partial charge in [0.2, 0.25) is 0 Å². The van der Waals surface area contributed by atoms with E-state index in [0.717, 1.165) is 0 Å². The maximum atomic E-state index is 10.2.